The van der Waals surface area contributed by atoms with Crippen molar-refractivity contribution in [2.75, 3.05) is 0 Å². The van der Waals surface area contributed by atoms with Crippen LogP contribution in [0.2, 0.25) is 0 Å². The summed E-state index contributed by atoms with van der Waals surface area (Å²) in [5.74, 6) is 0. The standard InChI is InChI=1S/C16H14S/c1-2-15-9-10-16(17-15)14-8-7-12-5-3-4-6-13(12)11-14/h3-11H,2H2,1H3. The number of thiophene rings is 1. The van der Waals surface area contributed by atoms with Crippen molar-refractivity contribution in [1.82, 2.24) is 0 Å². The Bertz CT molecular complexity index is 649. The van der Waals surface area contributed by atoms with Crippen LogP contribution in [0.3, 0.4) is 0 Å². The van der Waals surface area contributed by atoms with Crippen molar-refractivity contribution in [2.24, 2.45) is 0 Å². The molecule has 0 aliphatic carbocycles. The van der Waals surface area contributed by atoms with Gasteiger partial charge in [0.25, 0.3) is 0 Å². The number of hydrogen-bond acceptors (Lipinski definition) is 1. The molecule has 84 valence electrons. The summed E-state index contributed by atoms with van der Waals surface area (Å²) in [5, 5.41) is 2.62. The van der Waals surface area contributed by atoms with Crippen LogP contribution in [-0.4, -0.2) is 0 Å². The zero-order chi connectivity index (χ0) is 11.7. The highest BCUT2D eigenvalue weighted by Crippen LogP contribution is 2.30. The Kier molecular flexibility index (Phi) is 2.69. The molecule has 0 bridgehead atoms. The van der Waals surface area contributed by atoms with Crippen molar-refractivity contribution < 1.29 is 0 Å². The molecule has 0 radical (unpaired) electrons. The molecule has 17 heavy (non-hydrogen) atoms. The first-order valence-electron chi connectivity index (χ1n) is 5.94. The van der Waals surface area contributed by atoms with Gasteiger partial charge in [-0.05, 0) is 41.0 Å². The van der Waals surface area contributed by atoms with E-state index in [0.29, 0.717) is 0 Å². The maximum atomic E-state index is 2.28. The van der Waals surface area contributed by atoms with Gasteiger partial charge in [-0.2, -0.15) is 0 Å². The molecule has 3 rings (SSSR count). The summed E-state index contributed by atoms with van der Waals surface area (Å²) in [4.78, 5) is 2.82. The maximum absolute atomic E-state index is 2.28. The lowest BCUT2D eigenvalue weighted by atomic mass is 10.1. The Morgan fingerprint density at radius 3 is 2.47 bits per heavy atom. The Balaban J connectivity index is 2.11. The van der Waals surface area contributed by atoms with E-state index in [-0.39, 0.29) is 0 Å². The van der Waals surface area contributed by atoms with Crippen molar-refractivity contribution in [3.05, 3.63) is 59.5 Å². The van der Waals surface area contributed by atoms with E-state index in [9.17, 15) is 0 Å². The topological polar surface area (TPSA) is 0 Å². The lowest BCUT2D eigenvalue weighted by molar-refractivity contribution is 1.19. The van der Waals surface area contributed by atoms with Crippen LogP contribution in [0.5, 0.6) is 0 Å². The minimum absolute atomic E-state index is 1.12. The quantitative estimate of drug-likeness (QED) is 0.580. The third kappa shape index (κ3) is 1.98. The second kappa shape index (κ2) is 4.34. The van der Waals surface area contributed by atoms with E-state index in [1.54, 1.807) is 0 Å². The largest absolute Gasteiger partial charge is 0.140 e. The Morgan fingerprint density at radius 2 is 1.71 bits per heavy atom. The van der Waals surface area contributed by atoms with Gasteiger partial charge in [0.1, 0.15) is 0 Å². The fourth-order valence-electron chi connectivity index (χ4n) is 2.07. The molecule has 0 spiro atoms. The van der Waals surface area contributed by atoms with Gasteiger partial charge in [-0.15, -0.1) is 11.3 Å². The van der Waals surface area contributed by atoms with Gasteiger partial charge in [0.2, 0.25) is 0 Å². The lowest BCUT2D eigenvalue weighted by Gasteiger charge is -2.01. The zero-order valence-corrected chi connectivity index (χ0v) is 10.6. The first kappa shape index (κ1) is 10.5. The van der Waals surface area contributed by atoms with Crippen molar-refractivity contribution in [3.8, 4) is 10.4 Å². The van der Waals surface area contributed by atoms with E-state index in [1.807, 2.05) is 11.3 Å². The average Bonchev–Trinajstić information content (AvgIpc) is 2.87. The third-order valence-electron chi connectivity index (χ3n) is 3.04. The van der Waals surface area contributed by atoms with Crippen LogP contribution < -0.4 is 0 Å². The second-order valence-electron chi connectivity index (χ2n) is 4.18. The van der Waals surface area contributed by atoms with Gasteiger partial charge in [-0.3, -0.25) is 0 Å². The summed E-state index contributed by atoms with van der Waals surface area (Å²) in [6.07, 6.45) is 1.12. The highest BCUT2D eigenvalue weighted by Gasteiger charge is 2.02. The molecule has 0 atom stereocenters. The van der Waals surface area contributed by atoms with E-state index >= 15 is 0 Å². The smallest absolute Gasteiger partial charge is 0.0345 e. The molecule has 1 aromatic heterocycles. The van der Waals surface area contributed by atoms with E-state index in [4.69, 9.17) is 0 Å². The number of aryl methyl sites for hydroxylation is 1. The van der Waals surface area contributed by atoms with Crippen molar-refractivity contribution >= 4 is 22.1 Å². The summed E-state index contributed by atoms with van der Waals surface area (Å²) < 4.78 is 0. The Morgan fingerprint density at radius 1 is 0.882 bits per heavy atom. The molecule has 0 fully saturated rings. The number of rotatable bonds is 2. The van der Waals surface area contributed by atoms with Crippen molar-refractivity contribution in [2.45, 2.75) is 13.3 Å². The summed E-state index contributed by atoms with van der Waals surface area (Å²) in [6, 6.07) is 19.7. The summed E-state index contributed by atoms with van der Waals surface area (Å²) in [7, 11) is 0. The molecular formula is C16H14S. The van der Waals surface area contributed by atoms with E-state index in [2.05, 4.69) is 61.5 Å². The second-order valence-corrected chi connectivity index (χ2v) is 5.35. The molecule has 0 amide bonds. The normalized spacial score (nSPS) is 10.9. The van der Waals surface area contributed by atoms with Crippen LogP contribution in [0.4, 0.5) is 0 Å². The van der Waals surface area contributed by atoms with Gasteiger partial charge in [-0.1, -0.05) is 43.3 Å². The summed E-state index contributed by atoms with van der Waals surface area (Å²) >= 11 is 1.89. The van der Waals surface area contributed by atoms with E-state index in [1.165, 1.54) is 26.1 Å². The molecule has 0 aliphatic heterocycles. The van der Waals surface area contributed by atoms with Crippen molar-refractivity contribution in [1.29, 1.82) is 0 Å². The van der Waals surface area contributed by atoms with Crippen LogP contribution in [-0.2, 0) is 6.42 Å². The molecule has 0 aliphatic rings. The Labute approximate surface area is 106 Å². The van der Waals surface area contributed by atoms with Crippen molar-refractivity contribution in [3.63, 3.8) is 0 Å². The van der Waals surface area contributed by atoms with Crippen LogP contribution in [0.25, 0.3) is 21.2 Å². The van der Waals surface area contributed by atoms with Crippen LogP contribution in [0.1, 0.15) is 11.8 Å². The lowest BCUT2D eigenvalue weighted by Crippen LogP contribution is -1.74. The van der Waals surface area contributed by atoms with Gasteiger partial charge < -0.3 is 0 Å². The molecule has 0 N–H and O–H groups in total. The highest BCUT2D eigenvalue weighted by atomic mass is 32.1. The molecule has 0 saturated carbocycles. The molecular weight excluding hydrogens is 224 g/mol. The average molecular weight is 238 g/mol. The first-order chi connectivity index (χ1) is 8.36. The van der Waals surface area contributed by atoms with Gasteiger partial charge in [-0.25, -0.2) is 0 Å². The fourth-order valence-corrected chi connectivity index (χ4v) is 3.01. The highest BCUT2D eigenvalue weighted by molar-refractivity contribution is 7.15. The molecule has 3 aromatic rings. The molecule has 1 heterocycles. The SMILES string of the molecule is CCc1ccc(-c2ccc3ccccc3c2)s1. The third-order valence-corrected chi connectivity index (χ3v) is 4.32. The molecule has 2 aromatic carbocycles. The number of benzene rings is 2. The fraction of sp³-hybridized carbons (Fsp3) is 0.125. The minimum Gasteiger partial charge on any atom is -0.140 e. The van der Waals surface area contributed by atoms with E-state index < -0.39 is 0 Å². The predicted octanol–water partition coefficient (Wildman–Crippen LogP) is 5.13. The van der Waals surface area contributed by atoms with Crippen LogP contribution in [0, 0.1) is 0 Å². The number of fused-ring (bicyclic) bond motifs is 1. The summed E-state index contributed by atoms with van der Waals surface area (Å²) in [5.41, 5.74) is 1.33. The maximum Gasteiger partial charge on any atom is 0.0345 e. The first-order valence-corrected chi connectivity index (χ1v) is 6.76. The van der Waals surface area contributed by atoms with Crippen LogP contribution in [0.15, 0.2) is 54.6 Å². The van der Waals surface area contributed by atoms with Gasteiger partial charge >= 0.3 is 0 Å². The molecule has 0 saturated heterocycles. The molecule has 0 nitrogen and oxygen atoms in total. The van der Waals surface area contributed by atoms with E-state index in [0.717, 1.165) is 6.42 Å². The monoisotopic (exact) mass is 238 g/mol. The molecule has 1 heteroatoms. The van der Waals surface area contributed by atoms with Gasteiger partial charge in [0, 0.05) is 9.75 Å². The Hall–Kier alpha value is -1.60. The predicted molar refractivity (Wildman–Crippen MR) is 76.6 cm³/mol. The van der Waals surface area contributed by atoms with Crippen LogP contribution >= 0.6 is 11.3 Å². The van der Waals surface area contributed by atoms with Gasteiger partial charge in [0.05, 0.1) is 0 Å². The zero-order valence-electron chi connectivity index (χ0n) is 9.81. The summed E-state index contributed by atoms with van der Waals surface area (Å²) in [6.45, 7) is 2.20. The number of hydrogen-bond donors (Lipinski definition) is 0. The van der Waals surface area contributed by atoms with Gasteiger partial charge in [0.15, 0.2) is 0 Å². The molecule has 0 unspecified atom stereocenters. The minimum atomic E-state index is 1.12.